The van der Waals surface area contributed by atoms with Crippen LogP contribution in [-0.2, 0) is 13.2 Å². The van der Waals surface area contributed by atoms with Crippen LogP contribution in [0.2, 0.25) is 5.02 Å². The highest BCUT2D eigenvalue weighted by molar-refractivity contribution is 6.30. The van der Waals surface area contributed by atoms with Crippen molar-refractivity contribution < 1.29 is 4.74 Å². The van der Waals surface area contributed by atoms with Gasteiger partial charge in [-0.25, -0.2) is 4.98 Å². The van der Waals surface area contributed by atoms with Crippen LogP contribution in [-0.4, -0.2) is 9.55 Å². The van der Waals surface area contributed by atoms with Gasteiger partial charge >= 0.3 is 0 Å². The summed E-state index contributed by atoms with van der Waals surface area (Å²) < 4.78 is 8.20. The second kappa shape index (κ2) is 8.20. The lowest BCUT2D eigenvalue weighted by atomic mass is 10.2. The van der Waals surface area contributed by atoms with Gasteiger partial charge in [0.25, 0.3) is 0 Å². The lowest BCUT2D eigenvalue weighted by Crippen LogP contribution is -2.07. The Labute approximate surface area is 148 Å². The first-order chi connectivity index (χ1) is 11.8. The molecule has 0 fully saturated rings. The molecular formula is C20H23ClN2O. The van der Waals surface area contributed by atoms with Crippen LogP contribution in [0.5, 0.6) is 5.75 Å². The molecule has 3 aromatic rings. The molecule has 126 valence electrons. The highest BCUT2D eigenvalue weighted by atomic mass is 35.5. The second-order valence-corrected chi connectivity index (χ2v) is 6.41. The van der Waals surface area contributed by atoms with Crippen molar-refractivity contribution in [2.75, 3.05) is 0 Å². The van der Waals surface area contributed by atoms with Gasteiger partial charge in [0.05, 0.1) is 11.0 Å². The number of imidazole rings is 1. The predicted octanol–water partition coefficient (Wildman–Crippen LogP) is 5.85. The molecule has 2 aromatic carbocycles. The molecule has 1 heterocycles. The van der Waals surface area contributed by atoms with E-state index in [0.29, 0.717) is 11.6 Å². The van der Waals surface area contributed by atoms with Crippen molar-refractivity contribution in [3.63, 3.8) is 0 Å². The third kappa shape index (κ3) is 4.09. The van der Waals surface area contributed by atoms with E-state index in [1.165, 1.54) is 31.2 Å². The number of nitrogens with zero attached hydrogens (tertiary/aromatic N) is 2. The van der Waals surface area contributed by atoms with Crippen LogP contribution < -0.4 is 4.74 Å². The molecule has 0 saturated carbocycles. The van der Waals surface area contributed by atoms with Crippen molar-refractivity contribution in [2.24, 2.45) is 0 Å². The van der Waals surface area contributed by atoms with E-state index in [1.807, 2.05) is 30.3 Å². The molecule has 0 spiro atoms. The molecule has 3 nitrogen and oxygen atoms in total. The lowest BCUT2D eigenvalue weighted by Gasteiger charge is -2.10. The van der Waals surface area contributed by atoms with E-state index in [0.717, 1.165) is 23.6 Å². The smallest absolute Gasteiger partial charge is 0.147 e. The molecule has 4 heteroatoms. The number of para-hydroxylation sites is 2. The van der Waals surface area contributed by atoms with Gasteiger partial charge in [-0.2, -0.15) is 0 Å². The zero-order chi connectivity index (χ0) is 16.8. The molecular weight excluding hydrogens is 320 g/mol. The summed E-state index contributed by atoms with van der Waals surface area (Å²) in [6.07, 6.45) is 4.95. The summed E-state index contributed by atoms with van der Waals surface area (Å²) in [5.74, 6) is 1.78. The fourth-order valence-electron chi connectivity index (χ4n) is 2.86. The minimum absolute atomic E-state index is 0.462. The molecule has 0 bridgehead atoms. The molecule has 0 saturated heterocycles. The second-order valence-electron chi connectivity index (χ2n) is 5.97. The average molecular weight is 343 g/mol. The monoisotopic (exact) mass is 342 g/mol. The molecule has 0 aliphatic heterocycles. The van der Waals surface area contributed by atoms with Gasteiger partial charge in [-0.05, 0) is 42.8 Å². The fraction of sp³-hybridized carbons (Fsp3) is 0.350. The van der Waals surface area contributed by atoms with Crippen molar-refractivity contribution in [1.82, 2.24) is 9.55 Å². The van der Waals surface area contributed by atoms with E-state index in [-0.39, 0.29) is 0 Å². The number of benzene rings is 2. The van der Waals surface area contributed by atoms with Crippen LogP contribution in [0.25, 0.3) is 11.0 Å². The molecule has 0 amide bonds. The lowest BCUT2D eigenvalue weighted by molar-refractivity contribution is 0.289. The largest absolute Gasteiger partial charge is 0.486 e. The molecule has 3 rings (SSSR count). The van der Waals surface area contributed by atoms with Crippen molar-refractivity contribution in [3.05, 3.63) is 59.4 Å². The van der Waals surface area contributed by atoms with E-state index in [4.69, 9.17) is 21.3 Å². The SMILES string of the molecule is CCCCCCn1c(COc2ccc(Cl)cc2)nc2ccccc21. The first-order valence-corrected chi connectivity index (χ1v) is 8.98. The third-order valence-corrected chi connectivity index (χ3v) is 4.40. The summed E-state index contributed by atoms with van der Waals surface area (Å²) in [4.78, 5) is 4.76. The highest BCUT2D eigenvalue weighted by Gasteiger charge is 2.10. The number of aryl methyl sites for hydroxylation is 1. The summed E-state index contributed by atoms with van der Waals surface area (Å²) >= 11 is 5.92. The third-order valence-electron chi connectivity index (χ3n) is 4.15. The quantitative estimate of drug-likeness (QED) is 0.480. The van der Waals surface area contributed by atoms with Crippen molar-refractivity contribution >= 4 is 22.6 Å². The number of ether oxygens (including phenoxy) is 1. The molecule has 0 N–H and O–H groups in total. The van der Waals surface area contributed by atoms with Crippen LogP contribution in [0.15, 0.2) is 48.5 Å². The number of unbranched alkanes of at least 4 members (excludes halogenated alkanes) is 3. The van der Waals surface area contributed by atoms with Gasteiger partial charge < -0.3 is 9.30 Å². The summed E-state index contributed by atoms with van der Waals surface area (Å²) in [5.41, 5.74) is 2.21. The van der Waals surface area contributed by atoms with Gasteiger partial charge in [-0.3, -0.25) is 0 Å². The topological polar surface area (TPSA) is 27.1 Å². The summed E-state index contributed by atoms with van der Waals surface area (Å²) in [5, 5.41) is 0.713. The van der Waals surface area contributed by atoms with E-state index in [9.17, 15) is 0 Å². The van der Waals surface area contributed by atoms with Crippen LogP contribution in [0.1, 0.15) is 38.4 Å². The molecule has 0 atom stereocenters. The number of hydrogen-bond donors (Lipinski definition) is 0. The summed E-state index contributed by atoms with van der Waals surface area (Å²) in [6, 6.07) is 15.7. The van der Waals surface area contributed by atoms with Gasteiger partial charge in [0.1, 0.15) is 18.2 Å². The van der Waals surface area contributed by atoms with Gasteiger partial charge in [-0.15, -0.1) is 0 Å². The van der Waals surface area contributed by atoms with Gasteiger partial charge in [0, 0.05) is 11.6 Å². The normalized spacial score (nSPS) is 11.1. The fourth-order valence-corrected chi connectivity index (χ4v) is 2.99. The van der Waals surface area contributed by atoms with E-state index < -0.39 is 0 Å². The molecule has 0 unspecified atom stereocenters. The number of aromatic nitrogens is 2. The average Bonchev–Trinajstić information content (AvgIpc) is 2.96. The minimum Gasteiger partial charge on any atom is -0.486 e. The van der Waals surface area contributed by atoms with Crippen LogP contribution >= 0.6 is 11.6 Å². The highest BCUT2D eigenvalue weighted by Crippen LogP contribution is 2.20. The zero-order valence-corrected chi connectivity index (χ0v) is 14.8. The Morgan fingerprint density at radius 1 is 1.00 bits per heavy atom. The van der Waals surface area contributed by atoms with Crippen LogP contribution in [0.3, 0.4) is 0 Å². The van der Waals surface area contributed by atoms with Gasteiger partial charge in [-0.1, -0.05) is 49.9 Å². The van der Waals surface area contributed by atoms with Gasteiger partial charge in [0.2, 0.25) is 0 Å². The Hall–Kier alpha value is -2.00. The zero-order valence-electron chi connectivity index (χ0n) is 14.0. The Morgan fingerprint density at radius 3 is 2.58 bits per heavy atom. The first kappa shape index (κ1) is 16.8. The Morgan fingerprint density at radius 2 is 1.79 bits per heavy atom. The standard InChI is InChI=1S/C20H23ClN2O/c1-2-3-4-7-14-23-19-9-6-5-8-18(19)22-20(23)15-24-17-12-10-16(21)11-13-17/h5-6,8-13H,2-4,7,14-15H2,1H3. The van der Waals surface area contributed by atoms with Crippen molar-refractivity contribution in [1.29, 1.82) is 0 Å². The Balaban J connectivity index is 1.76. The number of fused-ring (bicyclic) bond motifs is 1. The summed E-state index contributed by atoms with van der Waals surface area (Å²) in [7, 11) is 0. The number of rotatable bonds is 8. The molecule has 0 radical (unpaired) electrons. The first-order valence-electron chi connectivity index (χ1n) is 8.60. The van der Waals surface area contributed by atoms with Crippen molar-refractivity contribution in [2.45, 2.75) is 45.8 Å². The maximum Gasteiger partial charge on any atom is 0.147 e. The molecule has 24 heavy (non-hydrogen) atoms. The molecule has 1 aromatic heterocycles. The Kier molecular flexibility index (Phi) is 5.76. The van der Waals surface area contributed by atoms with Crippen LogP contribution in [0.4, 0.5) is 0 Å². The minimum atomic E-state index is 0.462. The van der Waals surface area contributed by atoms with E-state index in [2.05, 4.69) is 29.7 Å². The summed E-state index contributed by atoms with van der Waals surface area (Å²) in [6.45, 7) is 3.68. The maximum atomic E-state index is 5.92. The number of hydrogen-bond acceptors (Lipinski definition) is 2. The van der Waals surface area contributed by atoms with Gasteiger partial charge in [0.15, 0.2) is 0 Å². The molecule has 0 aliphatic carbocycles. The Bertz CT molecular complexity index is 780. The molecule has 0 aliphatic rings. The van der Waals surface area contributed by atoms with Crippen molar-refractivity contribution in [3.8, 4) is 5.75 Å². The number of halogens is 1. The van der Waals surface area contributed by atoms with E-state index in [1.54, 1.807) is 0 Å². The predicted molar refractivity (Wildman–Crippen MR) is 99.7 cm³/mol. The van der Waals surface area contributed by atoms with Crippen LogP contribution in [0, 0.1) is 0 Å². The van der Waals surface area contributed by atoms with E-state index >= 15 is 0 Å². The maximum absolute atomic E-state index is 5.92.